The number of hydrogen-bond acceptors (Lipinski definition) is 6. The van der Waals surface area contributed by atoms with Gasteiger partial charge in [0.2, 0.25) is 0 Å². The van der Waals surface area contributed by atoms with Gasteiger partial charge in [0.1, 0.15) is 6.61 Å². The van der Waals surface area contributed by atoms with Gasteiger partial charge in [-0.25, -0.2) is 14.3 Å². The van der Waals surface area contributed by atoms with Gasteiger partial charge in [-0.05, 0) is 59.3 Å². The van der Waals surface area contributed by atoms with Gasteiger partial charge in [-0.3, -0.25) is 4.90 Å². The Morgan fingerprint density at radius 3 is 2.48 bits per heavy atom. The van der Waals surface area contributed by atoms with E-state index in [4.69, 9.17) is 4.74 Å². The quantitative estimate of drug-likeness (QED) is 0.704. The van der Waals surface area contributed by atoms with Crippen LogP contribution >= 0.6 is 0 Å². The van der Waals surface area contributed by atoms with E-state index in [2.05, 4.69) is 26.2 Å². The van der Waals surface area contributed by atoms with Crippen LogP contribution in [0, 0.1) is 6.92 Å². The molecule has 0 atom stereocenters. The SMILES string of the molecule is Cc1ccc(NC(=O)Nc2ccc(-c3nnnn3C)cc2)cc1N1CCOC1=O. The monoisotopic (exact) mass is 393 g/mol. The highest BCUT2D eigenvalue weighted by molar-refractivity contribution is 6.00. The molecule has 0 radical (unpaired) electrons. The van der Waals surface area contributed by atoms with Crippen molar-refractivity contribution in [1.82, 2.24) is 20.2 Å². The summed E-state index contributed by atoms with van der Waals surface area (Å²) in [5.74, 6) is 0.633. The normalized spacial score (nSPS) is 13.3. The Hall–Kier alpha value is -3.95. The molecular weight excluding hydrogens is 374 g/mol. The van der Waals surface area contributed by atoms with Crippen molar-refractivity contribution in [3.8, 4) is 11.4 Å². The van der Waals surface area contributed by atoms with Gasteiger partial charge in [0.25, 0.3) is 0 Å². The predicted octanol–water partition coefficient (Wildman–Crippen LogP) is 2.79. The molecule has 0 spiro atoms. The van der Waals surface area contributed by atoms with Gasteiger partial charge >= 0.3 is 12.1 Å². The maximum atomic E-state index is 12.4. The third-order valence-electron chi connectivity index (χ3n) is 4.54. The minimum atomic E-state index is -0.392. The first-order chi connectivity index (χ1) is 14.0. The lowest BCUT2D eigenvalue weighted by Crippen LogP contribution is -2.25. The summed E-state index contributed by atoms with van der Waals surface area (Å²) in [5, 5.41) is 16.9. The third-order valence-corrected chi connectivity index (χ3v) is 4.54. The molecule has 1 saturated heterocycles. The summed E-state index contributed by atoms with van der Waals surface area (Å²) in [7, 11) is 1.76. The van der Waals surface area contributed by atoms with Crippen molar-refractivity contribution in [2.75, 3.05) is 28.7 Å². The molecule has 2 aromatic carbocycles. The number of carbonyl (C=O) groups excluding carboxylic acids is 2. The predicted molar refractivity (Wildman–Crippen MR) is 107 cm³/mol. The largest absolute Gasteiger partial charge is 0.447 e. The first-order valence-electron chi connectivity index (χ1n) is 8.97. The zero-order valence-corrected chi connectivity index (χ0v) is 15.9. The number of nitrogens with zero attached hydrogens (tertiary/aromatic N) is 5. The highest BCUT2D eigenvalue weighted by atomic mass is 16.6. The Balaban J connectivity index is 1.43. The standard InChI is InChI=1S/C19H19N7O3/c1-12-3-6-15(11-16(12)26-9-10-29-19(26)28)21-18(27)20-14-7-4-13(5-8-14)17-22-23-24-25(17)2/h3-8,11H,9-10H2,1-2H3,(H2,20,21,27). The van der Waals surface area contributed by atoms with E-state index in [0.29, 0.717) is 36.0 Å². The molecule has 1 fully saturated rings. The Morgan fingerprint density at radius 2 is 1.83 bits per heavy atom. The van der Waals surface area contributed by atoms with Crippen LogP contribution in [0.3, 0.4) is 0 Å². The van der Waals surface area contributed by atoms with Crippen LogP contribution in [0.4, 0.5) is 26.7 Å². The summed E-state index contributed by atoms with van der Waals surface area (Å²) in [5.41, 5.74) is 3.67. The zero-order chi connectivity index (χ0) is 20.4. The van der Waals surface area contributed by atoms with Gasteiger partial charge in [-0.1, -0.05) is 6.07 Å². The Morgan fingerprint density at radius 1 is 1.10 bits per heavy atom. The second-order valence-electron chi connectivity index (χ2n) is 6.55. The Labute approximate surface area is 166 Å². The number of ether oxygens (including phenoxy) is 1. The van der Waals surface area contributed by atoms with Crippen molar-refractivity contribution in [3.05, 3.63) is 48.0 Å². The molecule has 3 aromatic rings. The van der Waals surface area contributed by atoms with E-state index < -0.39 is 6.03 Å². The second-order valence-corrected chi connectivity index (χ2v) is 6.55. The van der Waals surface area contributed by atoms with Crippen LogP contribution in [0.2, 0.25) is 0 Å². The first kappa shape index (κ1) is 18.4. The number of urea groups is 1. The third kappa shape index (κ3) is 3.86. The van der Waals surface area contributed by atoms with E-state index in [1.807, 2.05) is 25.1 Å². The molecule has 148 valence electrons. The summed E-state index contributed by atoms with van der Waals surface area (Å²) in [6.07, 6.45) is -0.382. The molecule has 1 aliphatic heterocycles. The van der Waals surface area contributed by atoms with E-state index in [1.54, 1.807) is 40.9 Å². The summed E-state index contributed by atoms with van der Waals surface area (Å²) >= 11 is 0. The van der Waals surface area contributed by atoms with Crippen molar-refractivity contribution in [3.63, 3.8) is 0 Å². The van der Waals surface area contributed by atoms with Gasteiger partial charge in [0.05, 0.1) is 12.2 Å². The average Bonchev–Trinajstić information content (AvgIpc) is 3.32. The molecule has 1 aliphatic rings. The van der Waals surface area contributed by atoms with Gasteiger partial charge in [-0.2, -0.15) is 0 Å². The number of amides is 3. The van der Waals surface area contributed by atoms with Crippen molar-refractivity contribution in [2.45, 2.75) is 6.92 Å². The second kappa shape index (κ2) is 7.58. The van der Waals surface area contributed by atoms with Gasteiger partial charge in [-0.15, -0.1) is 5.10 Å². The van der Waals surface area contributed by atoms with Crippen LogP contribution in [-0.2, 0) is 11.8 Å². The molecule has 0 aliphatic carbocycles. The fourth-order valence-corrected chi connectivity index (χ4v) is 3.06. The number of cyclic esters (lactones) is 1. The average molecular weight is 393 g/mol. The molecule has 10 heteroatoms. The molecule has 0 bridgehead atoms. The molecule has 10 nitrogen and oxygen atoms in total. The number of hydrogen-bond donors (Lipinski definition) is 2. The first-order valence-corrected chi connectivity index (χ1v) is 8.97. The Bertz CT molecular complexity index is 1060. The number of tetrazole rings is 1. The van der Waals surface area contributed by atoms with E-state index >= 15 is 0 Å². The van der Waals surface area contributed by atoms with Crippen molar-refractivity contribution in [2.24, 2.45) is 7.05 Å². The summed E-state index contributed by atoms with van der Waals surface area (Å²) in [4.78, 5) is 25.7. The van der Waals surface area contributed by atoms with Crippen molar-refractivity contribution in [1.29, 1.82) is 0 Å². The lowest BCUT2D eigenvalue weighted by molar-refractivity contribution is 0.181. The molecule has 2 heterocycles. The van der Waals surface area contributed by atoms with E-state index in [-0.39, 0.29) is 6.09 Å². The highest BCUT2D eigenvalue weighted by Gasteiger charge is 2.25. The van der Waals surface area contributed by atoms with E-state index in [9.17, 15) is 9.59 Å². The van der Waals surface area contributed by atoms with Crippen LogP contribution in [0.5, 0.6) is 0 Å². The number of nitrogens with one attached hydrogen (secondary N) is 2. The zero-order valence-electron chi connectivity index (χ0n) is 15.9. The van der Waals surface area contributed by atoms with E-state index in [1.165, 1.54) is 0 Å². The smallest absolute Gasteiger partial charge is 0.414 e. The lowest BCUT2D eigenvalue weighted by Gasteiger charge is -2.17. The van der Waals surface area contributed by atoms with Crippen molar-refractivity contribution >= 4 is 29.2 Å². The van der Waals surface area contributed by atoms with Crippen LogP contribution in [0.15, 0.2) is 42.5 Å². The van der Waals surface area contributed by atoms with Gasteiger partial charge in [0, 0.05) is 24.0 Å². The molecule has 4 rings (SSSR count). The molecule has 1 aromatic heterocycles. The minimum Gasteiger partial charge on any atom is -0.447 e. The van der Waals surface area contributed by atoms with Crippen LogP contribution < -0.4 is 15.5 Å². The summed E-state index contributed by atoms with van der Waals surface area (Å²) in [6, 6.07) is 12.2. The number of rotatable bonds is 4. The number of benzene rings is 2. The fourth-order valence-electron chi connectivity index (χ4n) is 3.06. The fraction of sp³-hybridized carbons (Fsp3) is 0.211. The molecule has 0 saturated carbocycles. The van der Waals surface area contributed by atoms with Crippen LogP contribution in [0.25, 0.3) is 11.4 Å². The summed E-state index contributed by atoms with van der Waals surface area (Å²) < 4.78 is 6.56. The number of carbonyl (C=O) groups is 2. The molecular formula is C19H19N7O3. The Kier molecular flexibility index (Phi) is 4.82. The van der Waals surface area contributed by atoms with Crippen molar-refractivity contribution < 1.29 is 14.3 Å². The topological polar surface area (TPSA) is 114 Å². The minimum absolute atomic E-state index is 0.358. The number of aryl methyl sites for hydroxylation is 2. The van der Waals surface area contributed by atoms with E-state index in [0.717, 1.165) is 11.1 Å². The number of aromatic nitrogens is 4. The van der Waals surface area contributed by atoms with Gasteiger partial charge in [0.15, 0.2) is 5.82 Å². The lowest BCUT2D eigenvalue weighted by atomic mass is 10.1. The molecule has 0 unspecified atom stereocenters. The maximum absolute atomic E-state index is 12.4. The molecule has 3 amide bonds. The maximum Gasteiger partial charge on any atom is 0.414 e. The number of anilines is 3. The van der Waals surface area contributed by atoms with Crippen LogP contribution in [-0.4, -0.2) is 45.5 Å². The highest BCUT2D eigenvalue weighted by Crippen LogP contribution is 2.27. The van der Waals surface area contributed by atoms with Crippen LogP contribution in [0.1, 0.15) is 5.56 Å². The summed E-state index contributed by atoms with van der Waals surface area (Å²) in [6.45, 7) is 2.75. The van der Waals surface area contributed by atoms with Gasteiger partial charge < -0.3 is 15.4 Å². The molecule has 2 N–H and O–H groups in total. The molecule has 29 heavy (non-hydrogen) atoms.